The number of hydrogen-bond donors (Lipinski definition) is 1. The Morgan fingerprint density at radius 2 is 1.41 bits per heavy atom. The maximum atomic E-state index is 12.7. The zero-order chi connectivity index (χ0) is 22.0. The molecule has 1 N–H and O–H groups in total. The highest BCUT2D eigenvalue weighted by Crippen LogP contribution is 2.30. The van der Waals surface area contributed by atoms with E-state index in [1.165, 1.54) is 0 Å². The largest absolute Gasteiger partial charge is 0.452 e. The van der Waals surface area contributed by atoms with Gasteiger partial charge in [-0.1, -0.05) is 65.3 Å². The van der Waals surface area contributed by atoms with Gasteiger partial charge < -0.3 is 10.1 Å². The highest BCUT2D eigenvalue weighted by molar-refractivity contribution is 5.96. The van der Waals surface area contributed by atoms with E-state index in [4.69, 9.17) is 4.74 Å². The number of rotatable bonds is 4. The quantitative estimate of drug-likeness (QED) is 0.676. The summed E-state index contributed by atoms with van der Waals surface area (Å²) in [6, 6.07) is 11.6. The van der Waals surface area contributed by atoms with Crippen molar-refractivity contribution in [3.63, 3.8) is 0 Å². The van der Waals surface area contributed by atoms with Gasteiger partial charge in [0, 0.05) is 5.69 Å². The second-order valence-electron chi connectivity index (χ2n) is 9.74. The van der Waals surface area contributed by atoms with Crippen molar-refractivity contribution in [1.29, 1.82) is 0 Å². The standard InChI is InChI=1S/C25H33NO3/c1-16-9-10-21(17(2)11-16)26-22(27)15-29-23(28)18-12-19(24(3,4)5)14-20(13-18)25(6,7)8/h9-14H,15H2,1-8H3,(H,26,27). The van der Waals surface area contributed by atoms with Crippen LogP contribution < -0.4 is 5.32 Å². The van der Waals surface area contributed by atoms with Crippen LogP contribution in [0.15, 0.2) is 36.4 Å². The van der Waals surface area contributed by atoms with E-state index < -0.39 is 5.97 Å². The monoisotopic (exact) mass is 395 g/mol. The fourth-order valence-corrected chi connectivity index (χ4v) is 2.97. The number of ether oxygens (including phenoxy) is 1. The van der Waals surface area contributed by atoms with Crippen LogP contribution in [0.3, 0.4) is 0 Å². The Morgan fingerprint density at radius 3 is 1.90 bits per heavy atom. The normalized spacial score (nSPS) is 11.9. The lowest BCUT2D eigenvalue weighted by Gasteiger charge is -2.25. The highest BCUT2D eigenvalue weighted by atomic mass is 16.5. The van der Waals surface area contributed by atoms with Crippen LogP contribution in [0.4, 0.5) is 5.69 Å². The lowest BCUT2D eigenvalue weighted by atomic mass is 9.79. The molecular formula is C25H33NO3. The fourth-order valence-electron chi connectivity index (χ4n) is 2.97. The van der Waals surface area contributed by atoms with Gasteiger partial charge in [-0.25, -0.2) is 4.79 Å². The third kappa shape index (κ3) is 6.18. The molecular weight excluding hydrogens is 362 g/mol. The summed E-state index contributed by atoms with van der Waals surface area (Å²) in [5.74, 6) is -0.842. The molecule has 0 heterocycles. The molecule has 156 valence electrons. The van der Waals surface area contributed by atoms with Gasteiger partial charge in [-0.2, -0.15) is 0 Å². The summed E-state index contributed by atoms with van der Waals surface area (Å²) in [6.07, 6.45) is 0. The minimum atomic E-state index is -0.489. The molecule has 0 aliphatic rings. The van der Waals surface area contributed by atoms with E-state index in [1.54, 1.807) is 0 Å². The molecule has 0 radical (unpaired) electrons. The van der Waals surface area contributed by atoms with Crippen molar-refractivity contribution in [1.82, 2.24) is 0 Å². The van der Waals surface area contributed by atoms with Gasteiger partial charge in [0.15, 0.2) is 6.61 Å². The van der Waals surface area contributed by atoms with Gasteiger partial charge in [0.05, 0.1) is 5.56 Å². The molecule has 0 aromatic heterocycles. The average Bonchev–Trinajstić information content (AvgIpc) is 2.60. The molecule has 0 aliphatic carbocycles. The topological polar surface area (TPSA) is 55.4 Å². The second kappa shape index (κ2) is 8.40. The van der Waals surface area contributed by atoms with Crippen LogP contribution in [-0.4, -0.2) is 18.5 Å². The molecule has 2 aromatic rings. The van der Waals surface area contributed by atoms with Crippen LogP contribution in [-0.2, 0) is 20.4 Å². The average molecular weight is 396 g/mol. The number of carbonyl (C=O) groups excluding carboxylic acids is 2. The zero-order valence-electron chi connectivity index (χ0n) is 18.9. The molecule has 0 atom stereocenters. The third-order valence-corrected chi connectivity index (χ3v) is 4.89. The summed E-state index contributed by atoms with van der Waals surface area (Å²) in [4.78, 5) is 24.9. The van der Waals surface area contributed by atoms with Crippen LogP contribution in [0.25, 0.3) is 0 Å². The van der Waals surface area contributed by atoms with Crippen LogP contribution in [0, 0.1) is 13.8 Å². The zero-order valence-corrected chi connectivity index (χ0v) is 18.9. The molecule has 0 saturated carbocycles. The predicted octanol–water partition coefficient (Wildman–Crippen LogP) is 5.69. The molecule has 4 nitrogen and oxygen atoms in total. The first-order valence-electron chi connectivity index (χ1n) is 9.97. The van der Waals surface area contributed by atoms with Crippen LogP contribution >= 0.6 is 0 Å². The first-order chi connectivity index (χ1) is 13.3. The number of hydrogen-bond acceptors (Lipinski definition) is 3. The molecule has 2 aromatic carbocycles. The van der Waals surface area contributed by atoms with Gasteiger partial charge in [-0.05, 0) is 59.6 Å². The maximum absolute atomic E-state index is 12.7. The van der Waals surface area contributed by atoms with E-state index in [0.717, 1.165) is 27.9 Å². The van der Waals surface area contributed by atoms with Gasteiger partial charge in [-0.3, -0.25) is 4.79 Å². The maximum Gasteiger partial charge on any atom is 0.338 e. The van der Waals surface area contributed by atoms with E-state index in [1.807, 2.05) is 44.2 Å². The number of nitrogens with one attached hydrogen (secondary N) is 1. The number of aryl methyl sites for hydroxylation is 2. The molecule has 0 fully saturated rings. The summed E-state index contributed by atoms with van der Waals surface area (Å²) in [5.41, 5.74) is 5.22. The highest BCUT2D eigenvalue weighted by Gasteiger charge is 2.23. The minimum Gasteiger partial charge on any atom is -0.452 e. The predicted molar refractivity (Wildman–Crippen MR) is 119 cm³/mol. The Hall–Kier alpha value is -2.62. The summed E-state index contributed by atoms with van der Waals surface area (Å²) in [7, 11) is 0. The molecule has 2 rings (SSSR count). The Morgan fingerprint density at radius 1 is 0.862 bits per heavy atom. The van der Waals surface area contributed by atoms with E-state index in [2.05, 4.69) is 52.9 Å². The third-order valence-electron chi connectivity index (χ3n) is 4.89. The van der Waals surface area contributed by atoms with Crippen molar-refractivity contribution in [3.8, 4) is 0 Å². The smallest absolute Gasteiger partial charge is 0.338 e. The summed E-state index contributed by atoms with van der Waals surface area (Å²) in [6.45, 7) is 16.3. The lowest BCUT2D eigenvalue weighted by Crippen LogP contribution is -2.22. The lowest BCUT2D eigenvalue weighted by molar-refractivity contribution is -0.119. The Balaban J connectivity index is 2.14. The molecule has 0 bridgehead atoms. The first-order valence-corrected chi connectivity index (χ1v) is 9.97. The van der Waals surface area contributed by atoms with Crippen molar-refractivity contribution < 1.29 is 14.3 Å². The second-order valence-corrected chi connectivity index (χ2v) is 9.74. The Bertz CT molecular complexity index is 882. The number of anilines is 1. The van der Waals surface area contributed by atoms with Gasteiger partial charge in [0.2, 0.25) is 0 Å². The van der Waals surface area contributed by atoms with E-state index in [9.17, 15) is 9.59 Å². The molecule has 0 aliphatic heterocycles. The van der Waals surface area contributed by atoms with Crippen molar-refractivity contribution in [2.24, 2.45) is 0 Å². The number of benzene rings is 2. The number of esters is 1. The van der Waals surface area contributed by atoms with E-state index >= 15 is 0 Å². The van der Waals surface area contributed by atoms with Gasteiger partial charge >= 0.3 is 5.97 Å². The van der Waals surface area contributed by atoms with Crippen LogP contribution in [0.1, 0.15) is 74.2 Å². The number of carbonyl (C=O) groups is 2. The molecule has 0 unspecified atom stereocenters. The Kier molecular flexibility index (Phi) is 6.56. The van der Waals surface area contributed by atoms with Crippen molar-refractivity contribution in [3.05, 3.63) is 64.2 Å². The SMILES string of the molecule is Cc1ccc(NC(=O)COC(=O)c2cc(C(C)(C)C)cc(C(C)(C)C)c2)c(C)c1. The summed E-state index contributed by atoms with van der Waals surface area (Å²) >= 11 is 0. The minimum absolute atomic E-state index is 0.101. The molecule has 1 amide bonds. The van der Waals surface area contributed by atoms with Crippen LogP contribution in [0.2, 0.25) is 0 Å². The van der Waals surface area contributed by atoms with Crippen molar-refractivity contribution in [2.45, 2.75) is 66.2 Å². The molecule has 29 heavy (non-hydrogen) atoms. The van der Waals surface area contributed by atoms with Gasteiger partial charge in [0.25, 0.3) is 5.91 Å². The first kappa shape index (κ1) is 22.7. The van der Waals surface area contributed by atoms with Gasteiger partial charge in [0.1, 0.15) is 0 Å². The number of amides is 1. The Labute approximate surface area is 174 Å². The van der Waals surface area contributed by atoms with Gasteiger partial charge in [-0.15, -0.1) is 0 Å². The molecule has 0 spiro atoms. The van der Waals surface area contributed by atoms with Crippen molar-refractivity contribution in [2.75, 3.05) is 11.9 Å². The van der Waals surface area contributed by atoms with E-state index in [0.29, 0.717) is 5.56 Å². The molecule has 0 saturated heterocycles. The molecule has 4 heteroatoms. The van der Waals surface area contributed by atoms with E-state index in [-0.39, 0.29) is 23.3 Å². The summed E-state index contributed by atoms with van der Waals surface area (Å²) < 4.78 is 5.31. The fraction of sp³-hybridized carbons (Fsp3) is 0.440. The van der Waals surface area contributed by atoms with Crippen LogP contribution in [0.5, 0.6) is 0 Å². The summed E-state index contributed by atoms with van der Waals surface area (Å²) in [5, 5.41) is 2.80. The van der Waals surface area contributed by atoms with Crippen molar-refractivity contribution >= 4 is 17.6 Å².